The van der Waals surface area contributed by atoms with Crippen molar-refractivity contribution in [3.05, 3.63) is 0 Å². The first-order valence-corrected chi connectivity index (χ1v) is 3.84. The standard InChI is InChI=1S/C6H10O5S/c7-1-2-3(8)4(9)5(10)6(12)11-2/h2-5,7-10H,1H2/t2-,3-,4+,5-/m1/s1. The number of hydrogen-bond donors (Lipinski definition) is 4. The van der Waals surface area contributed by atoms with Crippen molar-refractivity contribution in [1.82, 2.24) is 0 Å². The smallest absolute Gasteiger partial charge is 0.191 e. The van der Waals surface area contributed by atoms with E-state index in [9.17, 15) is 5.11 Å². The van der Waals surface area contributed by atoms with Gasteiger partial charge in [-0.25, -0.2) is 0 Å². The van der Waals surface area contributed by atoms with Gasteiger partial charge in [0.05, 0.1) is 6.61 Å². The summed E-state index contributed by atoms with van der Waals surface area (Å²) in [6.45, 7) is -0.453. The van der Waals surface area contributed by atoms with Gasteiger partial charge in [-0.1, -0.05) is 0 Å². The molecule has 1 saturated heterocycles. The van der Waals surface area contributed by atoms with E-state index in [-0.39, 0.29) is 5.05 Å². The minimum atomic E-state index is -1.39. The van der Waals surface area contributed by atoms with Crippen LogP contribution in [-0.2, 0) is 4.74 Å². The van der Waals surface area contributed by atoms with Crippen LogP contribution in [0.4, 0.5) is 0 Å². The highest BCUT2D eigenvalue weighted by Crippen LogP contribution is 2.17. The average molecular weight is 194 g/mol. The first kappa shape index (κ1) is 9.82. The van der Waals surface area contributed by atoms with E-state index in [1.807, 2.05) is 0 Å². The molecule has 0 spiro atoms. The molecule has 70 valence electrons. The molecule has 1 aliphatic heterocycles. The van der Waals surface area contributed by atoms with Crippen molar-refractivity contribution in [3.63, 3.8) is 0 Å². The largest absolute Gasteiger partial charge is 0.476 e. The second-order valence-electron chi connectivity index (χ2n) is 2.58. The predicted molar refractivity (Wildman–Crippen MR) is 42.6 cm³/mol. The molecule has 12 heavy (non-hydrogen) atoms. The topological polar surface area (TPSA) is 90.2 Å². The molecule has 6 heteroatoms. The van der Waals surface area contributed by atoms with Crippen molar-refractivity contribution in [2.24, 2.45) is 0 Å². The Bertz CT molecular complexity index is 183. The van der Waals surface area contributed by atoms with Crippen LogP contribution in [-0.4, -0.2) is 56.5 Å². The summed E-state index contributed by atoms with van der Waals surface area (Å²) in [4.78, 5) is 0. The molecule has 0 aromatic rings. The molecule has 4 atom stereocenters. The average Bonchev–Trinajstić information content (AvgIpc) is 2.08. The van der Waals surface area contributed by atoms with E-state index in [0.29, 0.717) is 0 Å². The molecule has 0 aromatic heterocycles. The molecule has 5 nitrogen and oxygen atoms in total. The maximum atomic E-state index is 9.17. The predicted octanol–water partition coefficient (Wildman–Crippen LogP) is -2.21. The fourth-order valence-corrected chi connectivity index (χ4v) is 1.24. The van der Waals surface area contributed by atoms with Crippen LogP contribution in [0.2, 0.25) is 0 Å². The second-order valence-corrected chi connectivity index (χ2v) is 2.99. The molecule has 0 aliphatic carbocycles. The minimum absolute atomic E-state index is 0.202. The first-order chi connectivity index (χ1) is 5.57. The number of aliphatic hydroxyl groups excluding tert-OH is 4. The molecule has 0 amide bonds. The van der Waals surface area contributed by atoms with Crippen molar-refractivity contribution >= 4 is 17.3 Å². The Kier molecular flexibility index (Phi) is 2.97. The highest BCUT2D eigenvalue weighted by atomic mass is 32.1. The van der Waals surface area contributed by atoms with Gasteiger partial charge in [-0.15, -0.1) is 0 Å². The number of aliphatic hydroxyl groups is 4. The molecule has 1 heterocycles. The van der Waals surface area contributed by atoms with Crippen molar-refractivity contribution in [1.29, 1.82) is 0 Å². The van der Waals surface area contributed by atoms with Crippen molar-refractivity contribution in [2.45, 2.75) is 24.4 Å². The van der Waals surface area contributed by atoms with Crippen molar-refractivity contribution in [2.75, 3.05) is 6.61 Å². The molecular formula is C6H10O5S. The Morgan fingerprint density at radius 3 is 2.33 bits per heavy atom. The van der Waals surface area contributed by atoms with Gasteiger partial charge in [0.15, 0.2) is 17.3 Å². The lowest BCUT2D eigenvalue weighted by Crippen LogP contribution is -2.56. The van der Waals surface area contributed by atoms with Crippen LogP contribution in [0.5, 0.6) is 0 Å². The van der Waals surface area contributed by atoms with Gasteiger partial charge in [-0.3, -0.25) is 0 Å². The van der Waals surface area contributed by atoms with E-state index in [1.54, 1.807) is 0 Å². The Labute approximate surface area is 74.2 Å². The SMILES string of the molecule is OC[C@H]1OC(=S)[C@H](O)[C@@H](O)[C@@H]1O. The van der Waals surface area contributed by atoms with Crippen LogP contribution < -0.4 is 0 Å². The molecule has 0 radical (unpaired) electrons. The zero-order valence-electron chi connectivity index (χ0n) is 6.12. The molecule has 0 aromatic carbocycles. The number of thiocarbonyl (C=S) groups is 1. The van der Waals surface area contributed by atoms with Gasteiger partial charge in [0, 0.05) is 0 Å². The van der Waals surface area contributed by atoms with E-state index in [4.69, 9.17) is 20.1 Å². The normalized spacial score (nSPS) is 42.5. The molecule has 1 rings (SSSR count). The summed E-state index contributed by atoms with van der Waals surface area (Å²) < 4.78 is 4.75. The summed E-state index contributed by atoms with van der Waals surface area (Å²) in [6, 6.07) is 0. The van der Waals surface area contributed by atoms with E-state index >= 15 is 0 Å². The summed E-state index contributed by atoms with van der Waals surface area (Å²) in [6.07, 6.45) is -5.01. The summed E-state index contributed by atoms with van der Waals surface area (Å²) in [5, 5.41) is 35.8. The van der Waals surface area contributed by atoms with Crippen LogP contribution in [0.3, 0.4) is 0 Å². The first-order valence-electron chi connectivity index (χ1n) is 3.43. The lowest BCUT2D eigenvalue weighted by atomic mass is 10.0. The number of ether oxygens (including phenoxy) is 1. The third kappa shape index (κ3) is 1.57. The lowest BCUT2D eigenvalue weighted by molar-refractivity contribution is -0.126. The number of rotatable bonds is 1. The van der Waals surface area contributed by atoms with E-state index < -0.39 is 31.0 Å². The second kappa shape index (κ2) is 3.63. The molecule has 1 aliphatic rings. The van der Waals surface area contributed by atoms with Crippen LogP contribution in [0.1, 0.15) is 0 Å². The van der Waals surface area contributed by atoms with Crippen molar-refractivity contribution < 1.29 is 25.2 Å². The minimum Gasteiger partial charge on any atom is -0.476 e. The third-order valence-electron chi connectivity index (χ3n) is 1.74. The quantitative estimate of drug-likeness (QED) is 0.354. The highest BCUT2D eigenvalue weighted by molar-refractivity contribution is 7.80. The summed E-state index contributed by atoms with van der Waals surface area (Å²) in [5.74, 6) is 0. The zero-order valence-corrected chi connectivity index (χ0v) is 6.94. The maximum absolute atomic E-state index is 9.17. The zero-order chi connectivity index (χ0) is 9.30. The molecule has 4 N–H and O–H groups in total. The van der Waals surface area contributed by atoms with Crippen LogP contribution in [0.15, 0.2) is 0 Å². The van der Waals surface area contributed by atoms with Gasteiger partial charge in [-0.2, -0.15) is 0 Å². The van der Waals surface area contributed by atoms with Crippen LogP contribution in [0, 0.1) is 0 Å². The Hall–Kier alpha value is -0.270. The third-order valence-corrected chi connectivity index (χ3v) is 2.08. The Morgan fingerprint density at radius 1 is 1.25 bits per heavy atom. The summed E-state index contributed by atoms with van der Waals surface area (Å²) >= 11 is 4.55. The fraction of sp³-hybridized carbons (Fsp3) is 0.833. The summed E-state index contributed by atoms with van der Waals surface area (Å²) in [5.41, 5.74) is 0. The fourth-order valence-electron chi connectivity index (χ4n) is 0.980. The van der Waals surface area contributed by atoms with Crippen LogP contribution >= 0.6 is 12.2 Å². The molecule has 1 fully saturated rings. The molecule has 0 bridgehead atoms. The Balaban J connectivity index is 2.70. The summed E-state index contributed by atoms with van der Waals surface area (Å²) in [7, 11) is 0. The van der Waals surface area contributed by atoms with Gasteiger partial charge in [0.2, 0.25) is 0 Å². The van der Waals surface area contributed by atoms with E-state index in [0.717, 1.165) is 0 Å². The van der Waals surface area contributed by atoms with Gasteiger partial charge in [-0.05, 0) is 12.2 Å². The molecule has 0 unspecified atom stereocenters. The van der Waals surface area contributed by atoms with Gasteiger partial charge in [0.25, 0.3) is 0 Å². The van der Waals surface area contributed by atoms with Gasteiger partial charge in [0.1, 0.15) is 12.2 Å². The van der Waals surface area contributed by atoms with Crippen LogP contribution in [0.25, 0.3) is 0 Å². The van der Waals surface area contributed by atoms with E-state index in [1.165, 1.54) is 0 Å². The molecular weight excluding hydrogens is 184 g/mol. The molecule has 0 saturated carbocycles. The maximum Gasteiger partial charge on any atom is 0.191 e. The lowest BCUT2D eigenvalue weighted by Gasteiger charge is -2.34. The highest BCUT2D eigenvalue weighted by Gasteiger charge is 2.40. The number of hydrogen-bond acceptors (Lipinski definition) is 6. The van der Waals surface area contributed by atoms with Gasteiger partial charge < -0.3 is 25.2 Å². The Morgan fingerprint density at radius 2 is 1.83 bits per heavy atom. The van der Waals surface area contributed by atoms with Crippen molar-refractivity contribution in [3.8, 4) is 0 Å². The van der Waals surface area contributed by atoms with Gasteiger partial charge >= 0.3 is 0 Å². The monoisotopic (exact) mass is 194 g/mol. The van der Waals surface area contributed by atoms with E-state index in [2.05, 4.69) is 12.2 Å².